The van der Waals surface area contributed by atoms with E-state index < -0.39 is 0 Å². The monoisotopic (exact) mass is 243 g/mol. The highest BCUT2D eigenvalue weighted by molar-refractivity contribution is 9.10. The first-order valence-corrected chi connectivity index (χ1v) is 5.56. The van der Waals surface area contributed by atoms with Gasteiger partial charge in [-0.3, -0.25) is 0 Å². The normalized spacial score (nSPS) is 19.8. The van der Waals surface area contributed by atoms with Crippen molar-refractivity contribution in [2.24, 2.45) is 11.7 Å². The molecule has 2 nitrogen and oxygen atoms in total. The quantitative estimate of drug-likeness (QED) is 0.887. The van der Waals surface area contributed by atoms with E-state index in [-0.39, 0.29) is 0 Å². The number of nitrogens with two attached hydrogens (primary N) is 1. The van der Waals surface area contributed by atoms with E-state index in [1.807, 2.05) is 12.1 Å². The van der Waals surface area contributed by atoms with Gasteiger partial charge in [0.1, 0.15) is 5.76 Å². The van der Waals surface area contributed by atoms with Crippen LogP contribution in [0.2, 0.25) is 0 Å². The summed E-state index contributed by atoms with van der Waals surface area (Å²) in [5.41, 5.74) is 5.75. The Bertz CT molecular complexity index is 280. The highest BCUT2D eigenvalue weighted by Crippen LogP contribution is 2.39. The molecule has 2 rings (SSSR count). The lowest BCUT2D eigenvalue weighted by molar-refractivity contribution is 0.239. The average molecular weight is 244 g/mol. The largest absolute Gasteiger partial charge is 0.454 e. The average Bonchev–Trinajstić information content (AvgIpc) is 2.43. The van der Waals surface area contributed by atoms with Crippen LogP contribution in [0.1, 0.15) is 30.9 Å². The molecule has 0 amide bonds. The van der Waals surface area contributed by atoms with Crippen molar-refractivity contribution in [3.05, 3.63) is 22.6 Å². The molecule has 13 heavy (non-hydrogen) atoms. The van der Waals surface area contributed by atoms with Crippen LogP contribution in [0.15, 0.2) is 21.2 Å². The zero-order chi connectivity index (χ0) is 9.26. The van der Waals surface area contributed by atoms with Crippen LogP contribution in [0.25, 0.3) is 0 Å². The molecule has 1 unspecified atom stereocenters. The van der Waals surface area contributed by atoms with Crippen LogP contribution in [0, 0.1) is 5.92 Å². The predicted octanol–water partition coefficient (Wildman–Crippen LogP) is 2.88. The fourth-order valence-electron chi connectivity index (χ4n) is 1.91. The van der Waals surface area contributed by atoms with Crippen molar-refractivity contribution in [3.63, 3.8) is 0 Å². The molecule has 0 bridgehead atoms. The fraction of sp³-hybridized carbons (Fsp3) is 0.600. The van der Waals surface area contributed by atoms with Crippen LogP contribution < -0.4 is 5.73 Å². The van der Waals surface area contributed by atoms with Crippen molar-refractivity contribution in [1.29, 1.82) is 0 Å². The first kappa shape index (κ1) is 9.28. The van der Waals surface area contributed by atoms with Crippen molar-refractivity contribution in [3.8, 4) is 0 Å². The minimum atomic E-state index is 0.431. The van der Waals surface area contributed by atoms with Gasteiger partial charge >= 0.3 is 0 Å². The van der Waals surface area contributed by atoms with Gasteiger partial charge < -0.3 is 10.2 Å². The van der Waals surface area contributed by atoms with Gasteiger partial charge in [-0.1, -0.05) is 6.42 Å². The van der Waals surface area contributed by atoms with Gasteiger partial charge in [-0.05, 0) is 46.8 Å². The van der Waals surface area contributed by atoms with E-state index in [4.69, 9.17) is 10.2 Å². The SMILES string of the molecule is NCC(c1ccc(Br)o1)C1CCC1. The molecule has 3 heteroatoms. The summed E-state index contributed by atoms with van der Waals surface area (Å²) in [6, 6.07) is 3.97. The van der Waals surface area contributed by atoms with E-state index in [0.717, 1.165) is 16.3 Å². The summed E-state index contributed by atoms with van der Waals surface area (Å²) in [4.78, 5) is 0. The molecule has 1 aromatic heterocycles. The van der Waals surface area contributed by atoms with E-state index in [0.29, 0.717) is 12.5 Å². The third-order valence-corrected chi connectivity index (χ3v) is 3.36. The van der Waals surface area contributed by atoms with Crippen LogP contribution in [-0.2, 0) is 0 Å². The van der Waals surface area contributed by atoms with Crippen molar-refractivity contribution >= 4 is 15.9 Å². The summed E-state index contributed by atoms with van der Waals surface area (Å²) in [5, 5.41) is 0. The molecule has 1 atom stereocenters. The smallest absolute Gasteiger partial charge is 0.169 e. The number of hydrogen-bond acceptors (Lipinski definition) is 2. The van der Waals surface area contributed by atoms with Crippen molar-refractivity contribution in [1.82, 2.24) is 0 Å². The second-order valence-electron chi connectivity index (χ2n) is 3.68. The Kier molecular flexibility index (Phi) is 2.74. The van der Waals surface area contributed by atoms with Crippen molar-refractivity contribution in [2.75, 3.05) is 6.54 Å². The van der Waals surface area contributed by atoms with Crippen LogP contribution in [0.5, 0.6) is 0 Å². The van der Waals surface area contributed by atoms with E-state index in [1.165, 1.54) is 19.3 Å². The minimum Gasteiger partial charge on any atom is -0.454 e. The van der Waals surface area contributed by atoms with Gasteiger partial charge in [0.2, 0.25) is 0 Å². The molecule has 0 saturated heterocycles. The molecular formula is C10H14BrNO. The summed E-state index contributed by atoms with van der Waals surface area (Å²) >= 11 is 3.31. The van der Waals surface area contributed by atoms with E-state index >= 15 is 0 Å². The molecule has 1 aliphatic carbocycles. The second-order valence-corrected chi connectivity index (χ2v) is 4.46. The maximum absolute atomic E-state index is 5.75. The third-order valence-electron chi connectivity index (χ3n) is 2.93. The van der Waals surface area contributed by atoms with Crippen molar-refractivity contribution < 1.29 is 4.42 Å². The number of hydrogen-bond donors (Lipinski definition) is 1. The number of rotatable bonds is 3. The third kappa shape index (κ3) is 1.81. The molecule has 1 fully saturated rings. The Balaban J connectivity index is 2.11. The Morgan fingerprint density at radius 2 is 2.31 bits per heavy atom. The first-order valence-electron chi connectivity index (χ1n) is 4.76. The van der Waals surface area contributed by atoms with Gasteiger partial charge in [-0.15, -0.1) is 0 Å². The molecule has 1 aliphatic rings. The summed E-state index contributed by atoms with van der Waals surface area (Å²) in [6.07, 6.45) is 3.96. The van der Waals surface area contributed by atoms with Gasteiger partial charge in [0, 0.05) is 12.5 Å². The van der Waals surface area contributed by atoms with Crippen molar-refractivity contribution in [2.45, 2.75) is 25.2 Å². The highest BCUT2D eigenvalue weighted by atomic mass is 79.9. The Labute approximate surface area is 86.6 Å². The molecule has 0 aliphatic heterocycles. The summed E-state index contributed by atoms with van der Waals surface area (Å²) in [6.45, 7) is 0.699. The van der Waals surface area contributed by atoms with Crippen LogP contribution in [-0.4, -0.2) is 6.54 Å². The molecule has 0 aromatic carbocycles. The summed E-state index contributed by atoms with van der Waals surface area (Å²) in [5.74, 6) is 2.22. The van der Waals surface area contributed by atoms with Crippen LogP contribution in [0.3, 0.4) is 0 Å². The van der Waals surface area contributed by atoms with Gasteiger partial charge in [0.25, 0.3) is 0 Å². The lowest BCUT2D eigenvalue weighted by Gasteiger charge is -2.31. The molecule has 1 saturated carbocycles. The Morgan fingerprint density at radius 3 is 2.69 bits per heavy atom. The molecule has 0 spiro atoms. The zero-order valence-corrected chi connectivity index (χ0v) is 9.09. The van der Waals surface area contributed by atoms with Gasteiger partial charge in [0.05, 0.1) is 0 Å². The Hall–Kier alpha value is -0.280. The lowest BCUT2D eigenvalue weighted by Crippen LogP contribution is -2.26. The van der Waals surface area contributed by atoms with E-state index in [9.17, 15) is 0 Å². The van der Waals surface area contributed by atoms with Gasteiger partial charge in [-0.2, -0.15) is 0 Å². The molecule has 2 N–H and O–H groups in total. The van der Waals surface area contributed by atoms with E-state index in [2.05, 4.69) is 15.9 Å². The number of halogens is 1. The van der Waals surface area contributed by atoms with Crippen LogP contribution >= 0.6 is 15.9 Å². The lowest BCUT2D eigenvalue weighted by atomic mass is 9.75. The predicted molar refractivity (Wildman–Crippen MR) is 55.5 cm³/mol. The fourth-order valence-corrected chi connectivity index (χ4v) is 2.23. The highest BCUT2D eigenvalue weighted by Gasteiger charge is 2.29. The summed E-state index contributed by atoms with van der Waals surface area (Å²) < 4.78 is 6.34. The van der Waals surface area contributed by atoms with Gasteiger partial charge in [0.15, 0.2) is 4.67 Å². The molecular weight excluding hydrogens is 230 g/mol. The summed E-state index contributed by atoms with van der Waals surface area (Å²) in [7, 11) is 0. The molecule has 1 heterocycles. The minimum absolute atomic E-state index is 0.431. The van der Waals surface area contributed by atoms with Crippen LogP contribution in [0.4, 0.5) is 0 Å². The molecule has 1 aromatic rings. The second kappa shape index (κ2) is 3.84. The standard InChI is InChI=1S/C10H14BrNO/c11-10-5-4-9(13-10)8(6-12)7-2-1-3-7/h4-5,7-8H,1-3,6,12H2. The Morgan fingerprint density at radius 1 is 1.54 bits per heavy atom. The first-order chi connectivity index (χ1) is 6.31. The zero-order valence-electron chi connectivity index (χ0n) is 7.50. The van der Waals surface area contributed by atoms with E-state index in [1.54, 1.807) is 0 Å². The number of furan rings is 1. The van der Waals surface area contributed by atoms with Gasteiger partial charge in [-0.25, -0.2) is 0 Å². The maximum atomic E-state index is 5.75. The topological polar surface area (TPSA) is 39.2 Å². The molecule has 0 radical (unpaired) electrons. The molecule has 72 valence electrons. The maximum Gasteiger partial charge on any atom is 0.169 e.